The van der Waals surface area contributed by atoms with Gasteiger partial charge in [0.2, 0.25) is 0 Å². The van der Waals surface area contributed by atoms with Crippen molar-refractivity contribution in [2.45, 2.75) is 51.7 Å². The number of ether oxygens (including phenoxy) is 1. The molecule has 100 valence electrons. The van der Waals surface area contributed by atoms with E-state index in [4.69, 9.17) is 4.74 Å². The maximum atomic E-state index is 5.51. The Morgan fingerprint density at radius 2 is 2.06 bits per heavy atom. The Kier molecular flexibility index (Phi) is 3.96. The van der Waals surface area contributed by atoms with Crippen molar-refractivity contribution >= 4 is 5.69 Å². The first-order valence-corrected chi connectivity index (χ1v) is 6.91. The summed E-state index contributed by atoms with van der Waals surface area (Å²) in [6.45, 7) is 6.66. The standard InChI is InChI=1S/C16H25NO/c1-12-11-13-7-5-6-8-15(13)17-14(12)9-10-16(2,3)18-4/h5-8,12,14,17H,9-11H2,1-4H3. The SMILES string of the molecule is COC(C)(C)CCC1Nc2ccccc2CC1C. The van der Waals surface area contributed by atoms with E-state index in [0.717, 1.165) is 12.8 Å². The van der Waals surface area contributed by atoms with Gasteiger partial charge in [-0.15, -0.1) is 0 Å². The van der Waals surface area contributed by atoms with Gasteiger partial charge in [0.1, 0.15) is 0 Å². The largest absolute Gasteiger partial charge is 0.382 e. The first-order chi connectivity index (χ1) is 8.52. The minimum atomic E-state index is -0.0155. The van der Waals surface area contributed by atoms with Crippen molar-refractivity contribution in [3.63, 3.8) is 0 Å². The summed E-state index contributed by atoms with van der Waals surface area (Å²) in [4.78, 5) is 0. The van der Waals surface area contributed by atoms with Crippen molar-refractivity contribution in [3.8, 4) is 0 Å². The van der Waals surface area contributed by atoms with Crippen LogP contribution in [0.3, 0.4) is 0 Å². The lowest BCUT2D eigenvalue weighted by molar-refractivity contribution is 0.0119. The molecule has 1 aromatic carbocycles. The summed E-state index contributed by atoms with van der Waals surface area (Å²) in [5, 5.41) is 3.69. The highest BCUT2D eigenvalue weighted by Gasteiger charge is 2.26. The number of fused-ring (bicyclic) bond motifs is 1. The fraction of sp³-hybridized carbons (Fsp3) is 0.625. The zero-order valence-corrected chi connectivity index (χ0v) is 12.0. The molecule has 2 rings (SSSR count). The third kappa shape index (κ3) is 3.05. The van der Waals surface area contributed by atoms with Crippen LogP contribution in [0, 0.1) is 5.92 Å². The first kappa shape index (κ1) is 13.4. The van der Waals surface area contributed by atoms with E-state index in [1.165, 1.54) is 17.7 Å². The highest BCUT2D eigenvalue weighted by atomic mass is 16.5. The topological polar surface area (TPSA) is 21.3 Å². The summed E-state index contributed by atoms with van der Waals surface area (Å²) >= 11 is 0. The highest BCUT2D eigenvalue weighted by molar-refractivity contribution is 5.54. The Morgan fingerprint density at radius 1 is 1.33 bits per heavy atom. The van der Waals surface area contributed by atoms with Gasteiger partial charge in [-0.1, -0.05) is 25.1 Å². The monoisotopic (exact) mass is 247 g/mol. The van der Waals surface area contributed by atoms with Crippen LogP contribution in [-0.2, 0) is 11.2 Å². The van der Waals surface area contributed by atoms with Gasteiger partial charge in [0.05, 0.1) is 5.60 Å². The zero-order valence-electron chi connectivity index (χ0n) is 12.0. The number of rotatable bonds is 4. The maximum absolute atomic E-state index is 5.51. The van der Waals surface area contributed by atoms with E-state index in [9.17, 15) is 0 Å². The molecule has 0 radical (unpaired) electrons. The lowest BCUT2D eigenvalue weighted by Gasteiger charge is -2.34. The van der Waals surface area contributed by atoms with Crippen LogP contribution in [0.1, 0.15) is 39.2 Å². The van der Waals surface area contributed by atoms with Gasteiger partial charge in [0, 0.05) is 18.8 Å². The summed E-state index contributed by atoms with van der Waals surface area (Å²) in [6.07, 6.45) is 3.44. The van der Waals surface area contributed by atoms with E-state index in [1.807, 2.05) is 0 Å². The van der Waals surface area contributed by atoms with Crippen molar-refractivity contribution in [1.29, 1.82) is 0 Å². The molecular weight excluding hydrogens is 222 g/mol. The number of methoxy groups -OCH3 is 1. The van der Waals surface area contributed by atoms with E-state index in [-0.39, 0.29) is 5.60 Å². The Hall–Kier alpha value is -1.02. The second kappa shape index (κ2) is 5.31. The lowest BCUT2D eigenvalue weighted by atomic mass is 9.84. The van der Waals surface area contributed by atoms with Crippen molar-refractivity contribution in [1.82, 2.24) is 0 Å². The van der Waals surface area contributed by atoms with Crippen molar-refractivity contribution in [3.05, 3.63) is 29.8 Å². The predicted molar refractivity (Wildman–Crippen MR) is 77.0 cm³/mol. The third-order valence-electron chi connectivity index (χ3n) is 4.20. The minimum absolute atomic E-state index is 0.0155. The average Bonchev–Trinajstić information content (AvgIpc) is 2.36. The number of anilines is 1. The molecule has 2 unspecified atom stereocenters. The van der Waals surface area contributed by atoms with Gasteiger partial charge < -0.3 is 10.1 Å². The molecule has 0 amide bonds. The Labute approximate surface area is 111 Å². The van der Waals surface area contributed by atoms with E-state index < -0.39 is 0 Å². The molecule has 0 saturated carbocycles. The summed E-state index contributed by atoms with van der Waals surface area (Å²) < 4.78 is 5.51. The fourth-order valence-electron chi connectivity index (χ4n) is 2.63. The average molecular weight is 247 g/mol. The van der Waals surface area contributed by atoms with Gasteiger partial charge in [0.15, 0.2) is 0 Å². The smallest absolute Gasteiger partial charge is 0.0623 e. The second-order valence-corrected chi connectivity index (χ2v) is 6.09. The molecular formula is C16H25NO. The molecule has 0 aliphatic carbocycles. The normalized spacial score (nSPS) is 23.3. The quantitative estimate of drug-likeness (QED) is 0.872. The van der Waals surface area contributed by atoms with Crippen LogP contribution >= 0.6 is 0 Å². The lowest BCUT2D eigenvalue weighted by Crippen LogP contribution is -2.35. The molecule has 2 atom stereocenters. The molecule has 2 heteroatoms. The molecule has 1 heterocycles. The zero-order chi connectivity index (χ0) is 13.2. The van der Waals surface area contributed by atoms with Gasteiger partial charge in [-0.25, -0.2) is 0 Å². The molecule has 2 nitrogen and oxygen atoms in total. The summed E-state index contributed by atoms with van der Waals surface area (Å²) in [7, 11) is 1.80. The molecule has 0 aromatic heterocycles. The number of hydrogen-bond acceptors (Lipinski definition) is 2. The van der Waals surface area contributed by atoms with Crippen LogP contribution in [0.5, 0.6) is 0 Å². The van der Waals surface area contributed by atoms with Crippen LogP contribution in [0.25, 0.3) is 0 Å². The van der Waals surface area contributed by atoms with Crippen LogP contribution in [0.15, 0.2) is 24.3 Å². The summed E-state index contributed by atoms with van der Waals surface area (Å²) in [5.41, 5.74) is 2.75. The number of para-hydroxylation sites is 1. The number of benzene rings is 1. The van der Waals surface area contributed by atoms with Crippen molar-refractivity contribution < 1.29 is 4.74 Å². The third-order valence-corrected chi connectivity index (χ3v) is 4.20. The van der Waals surface area contributed by atoms with Crippen molar-refractivity contribution in [2.75, 3.05) is 12.4 Å². The van der Waals surface area contributed by atoms with Gasteiger partial charge in [-0.2, -0.15) is 0 Å². The Balaban J connectivity index is 2.00. The van der Waals surface area contributed by atoms with Gasteiger partial charge in [-0.05, 0) is 50.7 Å². The second-order valence-electron chi connectivity index (χ2n) is 6.09. The minimum Gasteiger partial charge on any atom is -0.382 e. The molecule has 0 saturated heterocycles. The van der Waals surface area contributed by atoms with Crippen LogP contribution in [0.2, 0.25) is 0 Å². The molecule has 0 bridgehead atoms. The van der Waals surface area contributed by atoms with E-state index >= 15 is 0 Å². The van der Waals surface area contributed by atoms with E-state index in [1.54, 1.807) is 7.11 Å². The molecule has 1 aromatic rings. The number of nitrogens with one attached hydrogen (secondary N) is 1. The van der Waals surface area contributed by atoms with E-state index in [2.05, 4.69) is 50.4 Å². The Bertz CT molecular complexity index is 400. The van der Waals surface area contributed by atoms with Crippen molar-refractivity contribution in [2.24, 2.45) is 5.92 Å². The van der Waals surface area contributed by atoms with Gasteiger partial charge in [-0.3, -0.25) is 0 Å². The first-order valence-electron chi connectivity index (χ1n) is 6.91. The molecule has 0 fully saturated rings. The van der Waals surface area contributed by atoms with Gasteiger partial charge >= 0.3 is 0 Å². The molecule has 1 aliphatic rings. The van der Waals surface area contributed by atoms with Crippen LogP contribution in [-0.4, -0.2) is 18.8 Å². The van der Waals surface area contributed by atoms with E-state index in [0.29, 0.717) is 12.0 Å². The summed E-state index contributed by atoms with van der Waals surface area (Å²) in [6, 6.07) is 9.22. The molecule has 18 heavy (non-hydrogen) atoms. The van der Waals surface area contributed by atoms with Crippen LogP contribution in [0.4, 0.5) is 5.69 Å². The predicted octanol–water partition coefficient (Wildman–Crippen LogP) is 3.86. The number of hydrogen-bond donors (Lipinski definition) is 1. The van der Waals surface area contributed by atoms with Gasteiger partial charge in [0.25, 0.3) is 0 Å². The van der Waals surface area contributed by atoms with Crippen LogP contribution < -0.4 is 5.32 Å². The molecule has 1 aliphatic heterocycles. The molecule has 0 spiro atoms. The highest BCUT2D eigenvalue weighted by Crippen LogP contribution is 2.31. The maximum Gasteiger partial charge on any atom is 0.0623 e. The molecule has 1 N–H and O–H groups in total. The fourth-order valence-corrected chi connectivity index (χ4v) is 2.63. The Morgan fingerprint density at radius 3 is 2.78 bits per heavy atom. The summed E-state index contributed by atoms with van der Waals surface area (Å²) in [5.74, 6) is 0.688.